The van der Waals surface area contributed by atoms with E-state index in [9.17, 15) is 0 Å². The van der Waals surface area contributed by atoms with Crippen LogP contribution < -0.4 is 0 Å². The summed E-state index contributed by atoms with van der Waals surface area (Å²) in [5.41, 5.74) is 2.10. The summed E-state index contributed by atoms with van der Waals surface area (Å²) >= 11 is 2.05. The first-order chi connectivity index (χ1) is 10.7. The van der Waals surface area contributed by atoms with Gasteiger partial charge in [0.2, 0.25) is 0 Å². The molecule has 0 aliphatic carbocycles. The van der Waals surface area contributed by atoms with Crippen molar-refractivity contribution in [2.24, 2.45) is 0 Å². The standard InChI is InChI=1S/C14H20S.C7H16/c1-3-5-10-14(4-2)11-15-13-9-7-6-8-12(13)14;1-3-5-7-6-4-2/h6-9H,3-5,10-11H2,1-2H3;3-7H2,1-2H3. The van der Waals surface area contributed by atoms with Gasteiger partial charge in [-0.05, 0) is 24.5 Å². The summed E-state index contributed by atoms with van der Waals surface area (Å²) in [6.07, 6.45) is 12.3. The average molecular weight is 321 g/mol. The fourth-order valence-electron chi connectivity index (χ4n) is 3.19. The Bertz CT molecular complexity index is 395. The fourth-order valence-corrected chi connectivity index (χ4v) is 4.74. The van der Waals surface area contributed by atoms with Gasteiger partial charge in [-0.1, -0.05) is 90.8 Å². The van der Waals surface area contributed by atoms with Gasteiger partial charge >= 0.3 is 0 Å². The second-order valence-electron chi connectivity index (χ2n) is 6.58. The maximum absolute atomic E-state index is 2.35. The van der Waals surface area contributed by atoms with Gasteiger partial charge in [0.05, 0.1) is 0 Å². The van der Waals surface area contributed by atoms with Crippen LogP contribution in [-0.4, -0.2) is 5.75 Å². The van der Waals surface area contributed by atoms with Crippen LogP contribution >= 0.6 is 11.8 Å². The van der Waals surface area contributed by atoms with Crippen LogP contribution in [0.1, 0.15) is 91.0 Å². The SMILES string of the molecule is CCCCC1(CC)CSc2ccccc21.CCCCCCC. The molecule has 0 saturated carbocycles. The lowest BCUT2D eigenvalue weighted by Gasteiger charge is -2.28. The van der Waals surface area contributed by atoms with Crippen LogP contribution in [0.15, 0.2) is 29.2 Å². The minimum atomic E-state index is 0.483. The molecule has 0 nitrogen and oxygen atoms in total. The van der Waals surface area contributed by atoms with Crippen molar-refractivity contribution >= 4 is 11.8 Å². The summed E-state index contributed by atoms with van der Waals surface area (Å²) < 4.78 is 0. The van der Waals surface area contributed by atoms with E-state index in [1.807, 2.05) is 11.8 Å². The molecule has 1 atom stereocenters. The highest BCUT2D eigenvalue weighted by molar-refractivity contribution is 7.99. The minimum Gasteiger partial charge on any atom is -0.125 e. The van der Waals surface area contributed by atoms with Crippen molar-refractivity contribution in [1.29, 1.82) is 0 Å². The third kappa shape index (κ3) is 5.65. The van der Waals surface area contributed by atoms with E-state index in [2.05, 4.69) is 52.0 Å². The Labute approximate surface area is 143 Å². The summed E-state index contributed by atoms with van der Waals surface area (Å²) in [4.78, 5) is 1.52. The van der Waals surface area contributed by atoms with Crippen molar-refractivity contribution in [2.75, 3.05) is 5.75 Å². The third-order valence-corrected chi connectivity index (χ3v) is 6.22. The summed E-state index contributed by atoms with van der Waals surface area (Å²) in [7, 11) is 0. The van der Waals surface area contributed by atoms with Crippen molar-refractivity contribution in [3.63, 3.8) is 0 Å². The van der Waals surface area contributed by atoms with Gasteiger partial charge in [0, 0.05) is 16.1 Å². The van der Waals surface area contributed by atoms with Gasteiger partial charge < -0.3 is 0 Å². The fraction of sp³-hybridized carbons (Fsp3) is 0.714. The van der Waals surface area contributed by atoms with Crippen molar-refractivity contribution in [3.8, 4) is 0 Å². The van der Waals surface area contributed by atoms with Crippen LogP contribution in [0.25, 0.3) is 0 Å². The molecule has 1 aromatic rings. The van der Waals surface area contributed by atoms with Crippen molar-refractivity contribution in [2.45, 2.75) is 95.8 Å². The van der Waals surface area contributed by atoms with Crippen LogP contribution in [0.2, 0.25) is 0 Å². The number of thioether (sulfide) groups is 1. The molecular weight excluding hydrogens is 284 g/mol. The molecule has 0 amide bonds. The van der Waals surface area contributed by atoms with E-state index in [1.165, 1.54) is 68.4 Å². The van der Waals surface area contributed by atoms with E-state index >= 15 is 0 Å². The topological polar surface area (TPSA) is 0 Å². The molecule has 0 spiro atoms. The number of benzene rings is 1. The van der Waals surface area contributed by atoms with Gasteiger partial charge in [-0.25, -0.2) is 0 Å². The predicted octanol–water partition coefficient (Wildman–Crippen LogP) is 7.61. The van der Waals surface area contributed by atoms with E-state index in [1.54, 1.807) is 5.56 Å². The summed E-state index contributed by atoms with van der Waals surface area (Å²) in [6.45, 7) is 9.13. The van der Waals surface area contributed by atoms with Gasteiger partial charge in [-0.2, -0.15) is 0 Å². The van der Waals surface area contributed by atoms with Crippen LogP contribution in [0.5, 0.6) is 0 Å². The molecule has 0 fully saturated rings. The summed E-state index contributed by atoms with van der Waals surface area (Å²) in [5.74, 6) is 1.29. The van der Waals surface area contributed by atoms with E-state index in [4.69, 9.17) is 0 Å². The average Bonchev–Trinajstić information content (AvgIpc) is 2.94. The Morgan fingerprint density at radius 1 is 0.864 bits per heavy atom. The molecule has 0 radical (unpaired) electrons. The maximum Gasteiger partial charge on any atom is 0.0110 e. The first kappa shape index (κ1) is 19.6. The van der Waals surface area contributed by atoms with Gasteiger partial charge in [-0.15, -0.1) is 11.8 Å². The lowest BCUT2D eigenvalue weighted by atomic mass is 9.76. The van der Waals surface area contributed by atoms with Crippen LogP contribution in [0.4, 0.5) is 0 Å². The monoisotopic (exact) mass is 320 g/mol. The molecule has 1 aliphatic rings. The van der Waals surface area contributed by atoms with Gasteiger partial charge in [0.15, 0.2) is 0 Å². The highest BCUT2D eigenvalue weighted by atomic mass is 32.2. The highest BCUT2D eigenvalue weighted by Crippen LogP contribution is 2.48. The Morgan fingerprint density at radius 3 is 2.09 bits per heavy atom. The first-order valence-corrected chi connectivity index (χ1v) is 10.4. The Kier molecular flexibility index (Phi) is 9.95. The molecule has 0 aromatic heterocycles. The Morgan fingerprint density at radius 2 is 1.50 bits per heavy atom. The second kappa shape index (κ2) is 11.2. The normalized spacial score (nSPS) is 19.5. The zero-order valence-electron chi connectivity index (χ0n) is 15.3. The molecule has 0 saturated heterocycles. The quantitative estimate of drug-likeness (QED) is 0.444. The molecule has 1 aliphatic heterocycles. The Balaban J connectivity index is 0.000000295. The first-order valence-electron chi connectivity index (χ1n) is 9.46. The molecule has 0 N–H and O–H groups in total. The van der Waals surface area contributed by atoms with Crippen molar-refractivity contribution in [1.82, 2.24) is 0 Å². The van der Waals surface area contributed by atoms with Gasteiger partial charge in [0.1, 0.15) is 0 Å². The molecule has 1 heterocycles. The van der Waals surface area contributed by atoms with Crippen molar-refractivity contribution in [3.05, 3.63) is 29.8 Å². The minimum absolute atomic E-state index is 0.483. The molecule has 1 aromatic carbocycles. The molecule has 126 valence electrons. The maximum atomic E-state index is 2.35. The number of rotatable bonds is 8. The predicted molar refractivity (Wildman–Crippen MR) is 103 cm³/mol. The number of hydrogen-bond donors (Lipinski definition) is 0. The van der Waals surface area contributed by atoms with Crippen molar-refractivity contribution < 1.29 is 0 Å². The van der Waals surface area contributed by atoms with E-state index in [0.717, 1.165) is 0 Å². The number of unbranched alkanes of at least 4 members (excludes halogenated alkanes) is 5. The lowest BCUT2D eigenvalue weighted by Crippen LogP contribution is -2.24. The second-order valence-corrected chi connectivity index (χ2v) is 7.60. The summed E-state index contributed by atoms with van der Waals surface area (Å²) in [6, 6.07) is 8.98. The third-order valence-electron chi connectivity index (χ3n) is 4.86. The highest BCUT2D eigenvalue weighted by Gasteiger charge is 2.36. The molecular formula is C21H36S. The molecule has 1 unspecified atom stereocenters. The van der Waals surface area contributed by atoms with Crippen LogP contribution in [-0.2, 0) is 5.41 Å². The zero-order chi connectivity index (χ0) is 16.3. The number of fused-ring (bicyclic) bond motifs is 1. The van der Waals surface area contributed by atoms with E-state index in [-0.39, 0.29) is 0 Å². The van der Waals surface area contributed by atoms with Crippen LogP contribution in [0.3, 0.4) is 0 Å². The molecule has 1 heteroatoms. The van der Waals surface area contributed by atoms with E-state index < -0.39 is 0 Å². The largest absolute Gasteiger partial charge is 0.125 e. The molecule has 0 bridgehead atoms. The lowest BCUT2D eigenvalue weighted by molar-refractivity contribution is 0.413. The van der Waals surface area contributed by atoms with E-state index in [0.29, 0.717) is 5.41 Å². The van der Waals surface area contributed by atoms with Crippen LogP contribution in [0, 0.1) is 0 Å². The smallest absolute Gasteiger partial charge is 0.0110 e. The Hall–Kier alpha value is -0.430. The molecule has 2 rings (SSSR count). The summed E-state index contributed by atoms with van der Waals surface area (Å²) in [5, 5.41) is 0. The van der Waals surface area contributed by atoms with Gasteiger partial charge in [0.25, 0.3) is 0 Å². The zero-order valence-corrected chi connectivity index (χ0v) is 16.1. The van der Waals surface area contributed by atoms with Gasteiger partial charge in [-0.3, -0.25) is 0 Å². The number of hydrogen-bond acceptors (Lipinski definition) is 1. The molecule has 22 heavy (non-hydrogen) atoms.